The largest absolute Gasteiger partial charge is 0.372 e. The predicted molar refractivity (Wildman–Crippen MR) is 85.9 cm³/mol. The number of likely N-dealkylation sites (tertiary alicyclic amines) is 1. The second-order valence-corrected chi connectivity index (χ2v) is 6.07. The minimum Gasteiger partial charge on any atom is -0.372 e. The number of carbonyl (C=O) groups excluding carboxylic acids is 1. The summed E-state index contributed by atoms with van der Waals surface area (Å²) < 4.78 is 7.51. The molecule has 0 bridgehead atoms. The van der Waals surface area contributed by atoms with E-state index in [0.717, 1.165) is 29.9 Å². The highest BCUT2D eigenvalue weighted by Crippen LogP contribution is 2.30. The summed E-state index contributed by atoms with van der Waals surface area (Å²) in [6, 6.07) is 8.53. The molecule has 0 atom stereocenters. The molecule has 1 amide bonds. The second-order valence-electron chi connectivity index (χ2n) is 6.07. The van der Waals surface area contributed by atoms with E-state index in [9.17, 15) is 4.79 Å². The molecule has 1 aromatic carbocycles. The van der Waals surface area contributed by atoms with Crippen LogP contribution in [-0.4, -0.2) is 46.7 Å². The standard InChI is InChI=1S/C17H23N3O2/c1-4-22-11-16(21)19-9-13(10-19)20-15-8-6-5-7-14(15)18-17(20)12(2)3/h5-8,12-13H,4,9-11H2,1-3H3. The van der Waals surface area contributed by atoms with E-state index in [2.05, 4.69) is 24.5 Å². The molecule has 0 unspecified atom stereocenters. The summed E-state index contributed by atoms with van der Waals surface area (Å²) in [7, 11) is 0. The van der Waals surface area contributed by atoms with E-state index in [1.165, 1.54) is 0 Å². The van der Waals surface area contributed by atoms with Crippen molar-refractivity contribution in [3.63, 3.8) is 0 Å². The summed E-state index contributed by atoms with van der Waals surface area (Å²) in [4.78, 5) is 18.6. The predicted octanol–water partition coefficient (Wildman–Crippen LogP) is 2.58. The minimum absolute atomic E-state index is 0.0774. The highest BCUT2D eigenvalue weighted by Gasteiger charge is 2.34. The van der Waals surface area contributed by atoms with Gasteiger partial charge in [-0.25, -0.2) is 4.98 Å². The van der Waals surface area contributed by atoms with E-state index >= 15 is 0 Å². The molecule has 3 rings (SSSR count). The maximum Gasteiger partial charge on any atom is 0.248 e. The molecule has 0 radical (unpaired) electrons. The smallest absolute Gasteiger partial charge is 0.248 e. The van der Waals surface area contributed by atoms with Crippen LogP contribution in [0.4, 0.5) is 0 Å². The van der Waals surface area contributed by atoms with Gasteiger partial charge in [0.05, 0.1) is 17.1 Å². The fourth-order valence-electron chi connectivity index (χ4n) is 2.96. The van der Waals surface area contributed by atoms with Crippen molar-refractivity contribution in [3.05, 3.63) is 30.1 Å². The topological polar surface area (TPSA) is 47.4 Å². The Morgan fingerprint density at radius 3 is 2.77 bits per heavy atom. The van der Waals surface area contributed by atoms with Crippen molar-refractivity contribution in [2.24, 2.45) is 0 Å². The normalized spacial score (nSPS) is 15.5. The third kappa shape index (κ3) is 2.61. The molecule has 1 saturated heterocycles. The molecule has 1 aliphatic rings. The first-order valence-electron chi connectivity index (χ1n) is 7.94. The number of ether oxygens (including phenoxy) is 1. The van der Waals surface area contributed by atoms with Crippen molar-refractivity contribution in [2.45, 2.75) is 32.7 Å². The fraction of sp³-hybridized carbons (Fsp3) is 0.529. The zero-order valence-electron chi connectivity index (χ0n) is 13.5. The first-order valence-corrected chi connectivity index (χ1v) is 7.94. The van der Waals surface area contributed by atoms with Gasteiger partial charge < -0.3 is 14.2 Å². The van der Waals surface area contributed by atoms with Gasteiger partial charge in [-0.2, -0.15) is 0 Å². The number of para-hydroxylation sites is 2. The van der Waals surface area contributed by atoms with Crippen LogP contribution in [0.5, 0.6) is 0 Å². The van der Waals surface area contributed by atoms with Crippen molar-refractivity contribution in [1.29, 1.82) is 0 Å². The molecule has 2 aromatic rings. The van der Waals surface area contributed by atoms with E-state index in [0.29, 0.717) is 18.6 Å². The summed E-state index contributed by atoms with van der Waals surface area (Å²) >= 11 is 0. The fourth-order valence-corrected chi connectivity index (χ4v) is 2.96. The Morgan fingerprint density at radius 2 is 2.09 bits per heavy atom. The van der Waals surface area contributed by atoms with Gasteiger partial charge in [-0.15, -0.1) is 0 Å². The van der Waals surface area contributed by atoms with Gasteiger partial charge in [0.2, 0.25) is 5.91 Å². The zero-order chi connectivity index (χ0) is 15.7. The average molecular weight is 301 g/mol. The number of hydrogen-bond donors (Lipinski definition) is 0. The van der Waals surface area contributed by atoms with Gasteiger partial charge in [-0.1, -0.05) is 26.0 Å². The molecule has 5 heteroatoms. The van der Waals surface area contributed by atoms with Crippen LogP contribution in [0.1, 0.15) is 38.6 Å². The quantitative estimate of drug-likeness (QED) is 0.853. The van der Waals surface area contributed by atoms with Crippen LogP contribution in [0, 0.1) is 0 Å². The molecule has 5 nitrogen and oxygen atoms in total. The Labute approximate surface area is 130 Å². The molecular weight excluding hydrogens is 278 g/mol. The summed E-state index contributed by atoms with van der Waals surface area (Å²) in [6.07, 6.45) is 0. The molecule has 1 fully saturated rings. The van der Waals surface area contributed by atoms with Crippen LogP contribution in [0.25, 0.3) is 11.0 Å². The molecule has 0 aliphatic carbocycles. The van der Waals surface area contributed by atoms with E-state index < -0.39 is 0 Å². The van der Waals surface area contributed by atoms with Gasteiger partial charge >= 0.3 is 0 Å². The summed E-state index contributed by atoms with van der Waals surface area (Å²) in [5.74, 6) is 1.54. The molecule has 1 aromatic heterocycles. The second kappa shape index (κ2) is 6.08. The number of hydrogen-bond acceptors (Lipinski definition) is 3. The van der Waals surface area contributed by atoms with Crippen LogP contribution in [0.2, 0.25) is 0 Å². The number of carbonyl (C=O) groups is 1. The van der Waals surface area contributed by atoms with Crippen LogP contribution in [-0.2, 0) is 9.53 Å². The number of benzene rings is 1. The molecule has 2 heterocycles. The van der Waals surface area contributed by atoms with Crippen molar-refractivity contribution in [2.75, 3.05) is 26.3 Å². The van der Waals surface area contributed by atoms with Crippen LogP contribution < -0.4 is 0 Å². The van der Waals surface area contributed by atoms with Crippen molar-refractivity contribution >= 4 is 16.9 Å². The van der Waals surface area contributed by atoms with Crippen molar-refractivity contribution in [3.8, 4) is 0 Å². The van der Waals surface area contributed by atoms with Crippen molar-refractivity contribution < 1.29 is 9.53 Å². The van der Waals surface area contributed by atoms with Gasteiger partial charge in [0.25, 0.3) is 0 Å². The molecular formula is C17H23N3O2. The molecule has 1 aliphatic heterocycles. The maximum absolute atomic E-state index is 12.0. The van der Waals surface area contributed by atoms with Crippen LogP contribution in [0.3, 0.4) is 0 Å². The van der Waals surface area contributed by atoms with Crippen LogP contribution >= 0.6 is 0 Å². The average Bonchev–Trinajstić information content (AvgIpc) is 2.83. The lowest BCUT2D eigenvalue weighted by Crippen LogP contribution is -2.52. The summed E-state index contributed by atoms with van der Waals surface area (Å²) in [5, 5.41) is 0. The minimum atomic E-state index is 0.0774. The van der Waals surface area contributed by atoms with E-state index in [-0.39, 0.29) is 12.5 Å². The van der Waals surface area contributed by atoms with Crippen molar-refractivity contribution in [1.82, 2.24) is 14.5 Å². The first kappa shape index (κ1) is 15.0. The molecule has 0 saturated carbocycles. The number of aromatic nitrogens is 2. The monoisotopic (exact) mass is 301 g/mol. The molecule has 22 heavy (non-hydrogen) atoms. The third-order valence-corrected chi connectivity index (χ3v) is 4.15. The van der Waals surface area contributed by atoms with Crippen LogP contribution in [0.15, 0.2) is 24.3 Å². The third-order valence-electron chi connectivity index (χ3n) is 4.15. The van der Waals surface area contributed by atoms with E-state index in [4.69, 9.17) is 9.72 Å². The number of fused-ring (bicyclic) bond motifs is 1. The zero-order valence-corrected chi connectivity index (χ0v) is 13.5. The number of imidazole rings is 1. The Hall–Kier alpha value is -1.88. The summed E-state index contributed by atoms with van der Waals surface area (Å²) in [5.41, 5.74) is 2.19. The van der Waals surface area contributed by atoms with Gasteiger partial charge in [0.15, 0.2) is 0 Å². The Balaban J connectivity index is 1.80. The summed E-state index contributed by atoms with van der Waals surface area (Å²) in [6.45, 7) is 8.47. The Morgan fingerprint density at radius 1 is 1.36 bits per heavy atom. The molecule has 0 N–H and O–H groups in total. The maximum atomic E-state index is 12.0. The molecule has 0 spiro atoms. The first-order chi connectivity index (χ1) is 10.6. The number of rotatable bonds is 5. The Kier molecular flexibility index (Phi) is 4.16. The van der Waals surface area contributed by atoms with Gasteiger partial charge in [0.1, 0.15) is 12.4 Å². The van der Waals surface area contributed by atoms with Gasteiger partial charge in [-0.3, -0.25) is 4.79 Å². The van der Waals surface area contributed by atoms with E-state index in [1.54, 1.807) is 0 Å². The highest BCUT2D eigenvalue weighted by atomic mass is 16.5. The van der Waals surface area contributed by atoms with E-state index in [1.807, 2.05) is 30.0 Å². The SMILES string of the molecule is CCOCC(=O)N1CC(n2c(C(C)C)nc3ccccc32)C1. The van der Waals surface area contributed by atoms with Gasteiger partial charge in [-0.05, 0) is 19.1 Å². The number of amides is 1. The molecule has 118 valence electrons. The van der Waals surface area contributed by atoms with Gasteiger partial charge in [0, 0.05) is 25.6 Å². The number of nitrogens with zero attached hydrogens (tertiary/aromatic N) is 3. The lowest BCUT2D eigenvalue weighted by molar-refractivity contribution is -0.141. The lowest BCUT2D eigenvalue weighted by Gasteiger charge is -2.41. The lowest BCUT2D eigenvalue weighted by atomic mass is 10.1. The Bertz CT molecular complexity index is 672. The highest BCUT2D eigenvalue weighted by molar-refractivity contribution is 5.79.